The third kappa shape index (κ3) is 3.34. The number of hydrogen-bond donors (Lipinski definition) is 0. The highest BCUT2D eigenvalue weighted by Crippen LogP contribution is 2.34. The molecule has 0 saturated carbocycles. The van der Waals surface area contributed by atoms with Gasteiger partial charge in [0, 0.05) is 16.2 Å². The second kappa shape index (κ2) is 8.00. The van der Waals surface area contributed by atoms with Gasteiger partial charge in [-0.2, -0.15) is 0 Å². The van der Waals surface area contributed by atoms with Gasteiger partial charge in [0.2, 0.25) is 11.0 Å². The molecule has 0 bridgehead atoms. The van der Waals surface area contributed by atoms with Crippen LogP contribution in [0.2, 0.25) is 0 Å². The largest absolute Gasteiger partial charge is 0.645 e. The van der Waals surface area contributed by atoms with Crippen LogP contribution < -0.4 is 15.5 Å². The number of aromatic nitrogens is 2. The molecule has 3 heterocycles. The van der Waals surface area contributed by atoms with Crippen molar-refractivity contribution in [2.24, 2.45) is 4.99 Å². The van der Waals surface area contributed by atoms with Gasteiger partial charge in [-0.15, -0.1) is 23.2 Å². The Labute approximate surface area is 208 Å². The van der Waals surface area contributed by atoms with Gasteiger partial charge in [-0.25, -0.2) is 0 Å². The Kier molecular flexibility index (Phi) is 5.46. The molecular weight excluding hydrogens is 498 g/mol. The molecule has 2 aromatic heterocycles. The van der Waals surface area contributed by atoms with Crippen LogP contribution in [0.15, 0.2) is 64.4 Å². The van der Waals surface area contributed by atoms with E-state index in [0.29, 0.717) is 20.8 Å². The lowest BCUT2D eigenvalue weighted by molar-refractivity contribution is -0.524. The molecule has 1 aliphatic heterocycles. The fraction of sp³-hybridized carbons (Fsp3) is 0.208. The van der Waals surface area contributed by atoms with Crippen LogP contribution in [-0.4, -0.2) is 16.8 Å². The van der Waals surface area contributed by atoms with E-state index in [1.165, 1.54) is 11.3 Å². The number of rotatable bonds is 0. The molecule has 0 unspecified atom stereocenters. The SMILES string of the molecule is CC(C)(C)c1ccc2c(c1)sc1[n+]2[B-](F)(F)n2c(=O)c3cccc4cccc(c2=N1)c43.ClCCl. The molecule has 0 radical (unpaired) electrons. The quantitative estimate of drug-likeness (QED) is 0.180. The van der Waals surface area contributed by atoms with Crippen molar-refractivity contribution in [3.63, 3.8) is 0 Å². The van der Waals surface area contributed by atoms with E-state index >= 15 is 8.63 Å². The molecule has 0 saturated heterocycles. The van der Waals surface area contributed by atoms with Gasteiger partial charge in [-0.1, -0.05) is 51.1 Å². The molecule has 0 spiro atoms. The summed E-state index contributed by atoms with van der Waals surface area (Å²) in [6, 6.07) is 16.2. The van der Waals surface area contributed by atoms with Crippen LogP contribution in [0.5, 0.6) is 0 Å². The molecule has 0 amide bonds. The molecule has 174 valence electrons. The minimum Gasteiger partial charge on any atom is -0.414 e. The smallest absolute Gasteiger partial charge is 0.414 e. The van der Waals surface area contributed by atoms with E-state index in [9.17, 15) is 4.79 Å². The van der Waals surface area contributed by atoms with Crippen molar-refractivity contribution in [3.8, 4) is 0 Å². The molecule has 0 aliphatic carbocycles. The second-order valence-corrected chi connectivity index (χ2v) is 11.0. The fourth-order valence-electron chi connectivity index (χ4n) is 4.56. The van der Waals surface area contributed by atoms with Crippen molar-refractivity contribution in [1.82, 2.24) is 4.48 Å². The van der Waals surface area contributed by atoms with Crippen LogP contribution in [0, 0.1) is 0 Å². The number of thiazole rings is 1. The lowest BCUT2D eigenvalue weighted by Gasteiger charge is -2.27. The first-order chi connectivity index (χ1) is 16.1. The number of benzene rings is 3. The molecule has 0 fully saturated rings. The normalized spacial score (nSPS) is 14.4. The fourth-order valence-corrected chi connectivity index (χ4v) is 5.67. The van der Waals surface area contributed by atoms with Crippen LogP contribution in [0.25, 0.3) is 31.8 Å². The molecular formula is C24H20BCl2F2N3OS. The minimum absolute atomic E-state index is 0.0295. The van der Waals surface area contributed by atoms with Crippen LogP contribution in [0.1, 0.15) is 26.3 Å². The van der Waals surface area contributed by atoms with E-state index in [1.54, 1.807) is 24.3 Å². The molecule has 34 heavy (non-hydrogen) atoms. The maximum absolute atomic E-state index is 16.0. The van der Waals surface area contributed by atoms with Gasteiger partial charge in [0.15, 0.2) is 0 Å². The van der Waals surface area contributed by atoms with Gasteiger partial charge in [-0.05, 0) is 57.0 Å². The highest BCUT2D eigenvalue weighted by Gasteiger charge is 2.47. The van der Waals surface area contributed by atoms with Crippen molar-refractivity contribution < 1.29 is 13.1 Å². The van der Waals surface area contributed by atoms with Gasteiger partial charge >= 0.3 is 12.1 Å². The third-order valence-electron chi connectivity index (χ3n) is 6.14. The summed E-state index contributed by atoms with van der Waals surface area (Å²) in [4.78, 5) is 17.9. The summed E-state index contributed by atoms with van der Waals surface area (Å²) in [5, 5.41) is 2.77. The van der Waals surface area contributed by atoms with E-state index < -0.39 is 12.5 Å². The Morgan fingerprint density at radius 3 is 2.35 bits per heavy atom. The van der Waals surface area contributed by atoms with Gasteiger partial charge < -0.3 is 17.6 Å². The monoisotopic (exact) mass is 517 g/mol. The van der Waals surface area contributed by atoms with E-state index in [2.05, 4.69) is 25.8 Å². The zero-order chi connectivity index (χ0) is 24.4. The summed E-state index contributed by atoms with van der Waals surface area (Å²) in [6.07, 6.45) is 0. The highest BCUT2D eigenvalue weighted by molar-refractivity contribution is 7.21. The van der Waals surface area contributed by atoms with Crippen molar-refractivity contribution in [2.75, 3.05) is 5.34 Å². The number of nitrogens with zero attached hydrogens (tertiary/aromatic N) is 3. The predicted molar refractivity (Wildman–Crippen MR) is 138 cm³/mol. The van der Waals surface area contributed by atoms with Crippen LogP contribution in [0.4, 0.5) is 13.8 Å². The summed E-state index contributed by atoms with van der Waals surface area (Å²) < 4.78 is 34.3. The minimum atomic E-state index is -4.41. The van der Waals surface area contributed by atoms with Crippen molar-refractivity contribution in [3.05, 3.63) is 76.0 Å². The summed E-state index contributed by atoms with van der Waals surface area (Å²) in [5.74, 6) is 0. The van der Waals surface area contributed by atoms with Crippen molar-refractivity contribution >= 4 is 78.4 Å². The molecule has 0 atom stereocenters. The maximum Gasteiger partial charge on any atom is 0.645 e. The average Bonchev–Trinajstić information content (AvgIpc) is 3.15. The number of fused-ring (bicyclic) bond motifs is 5. The highest BCUT2D eigenvalue weighted by atomic mass is 35.5. The van der Waals surface area contributed by atoms with Crippen molar-refractivity contribution in [2.45, 2.75) is 26.2 Å². The molecule has 6 rings (SSSR count). The summed E-state index contributed by atoms with van der Waals surface area (Å²) >= 11 is 10.8. The first-order valence-corrected chi connectivity index (χ1v) is 12.6. The first-order valence-electron chi connectivity index (χ1n) is 10.7. The van der Waals surface area contributed by atoms with Gasteiger partial charge in [0.1, 0.15) is 5.52 Å². The van der Waals surface area contributed by atoms with Gasteiger partial charge in [0.05, 0.1) is 10.0 Å². The van der Waals surface area contributed by atoms with E-state index in [-0.39, 0.29) is 26.8 Å². The van der Waals surface area contributed by atoms with Crippen LogP contribution in [0.3, 0.4) is 0 Å². The number of pyridine rings is 1. The van der Waals surface area contributed by atoms with E-state index in [0.717, 1.165) is 20.1 Å². The summed E-state index contributed by atoms with van der Waals surface area (Å²) in [6.45, 7) is 1.86. The first kappa shape index (κ1) is 23.2. The molecule has 5 aromatic rings. The lowest BCUT2D eigenvalue weighted by atomic mass is 9.87. The maximum atomic E-state index is 16.0. The summed E-state index contributed by atoms with van der Waals surface area (Å²) in [7, 11) is 0. The Bertz CT molecular complexity index is 1700. The van der Waals surface area contributed by atoms with Crippen molar-refractivity contribution in [1.29, 1.82) is 0 Å². The average molecular weight is 518 g/mol. The number of hydrogen-bond acceptors (Lipinski definition) is 3. The zero-order valence-corrected chi connectivity index (χ0v) is 21.0. The standard InChI is InChI=1S/C23H18BF2N3OS.CH2Cl2/c1-23(2,3)14-10-11-17-18(12-14)31-22-27-20-15-8-4-6-13-7-5-9-16(19(13)15)21(30)29(20)24(25,26)28(17)22;2-1-3/h4-12H,1-3H3;1H2. The van der Waals surface area contributed by atoms with E-state index in [1.807, 2.05) is 30.3 Å². The Morgan fingerprint density at radius 2 is 1.71 bits per heavy atom. The predicted octanol–water partition coefficient (Wildman–Crippen LogP) is 6.13. The van der Waals surface area contributed by atoms with Gasteiger partial charge in [0.25, 0.3) is 0 Å². The second-order valence-electron chi connectivity index (χ2n) is 9.20. The molecule has 1 aliphatic rings. The lowest BCUT2D eigenvalue weighted by Crippen LogP contribution is -2.71. The van der Waals surface area contributed by atoms with Crippen LogP contribution in [-0.2, 0) is 5.41 Å². The zero-order valence-electron chi connectivity index (χ0n) is 18.7. The Morgan fingerprint density at radius 1 is 1.06 bits per heavy atom. The molecule has 0 N–H and O–H groups in total. The van der Waals surface area contributed by atoms with E-state index in [4.69, 9.17) is 23.2 Å². The van der Waals surface area contributed by atoms with Crippen LogP contribution >= 0.6 is 34.5 Å². The topological polar surface area (TPSA) is 38.2 Å². The molecule has 4 nitrogen and oxygen atoms in total. The molecule has 10 heteroatoms. The summed E-state index contributed by atoms with van der Waals surface area (Å²) in [5.41, 5.74) is 0.672. The number of halogens is 4. The van der Waals surface area contributed by atoms with Gasteiger partial charge in [-0.3, -0.25) is 4.79 Å². The Balaban J connectivity index is 0.000000764. The third-order valence-corrected chi connectivity index (χ3v) is 7.16. The molecule has 3 aromatic carbocycles. The number of alkyl halides is 2. The Hall–Kier alpha value is -2.55.